The molecule has 172 valence electrons. The van der Waals surface area contributed by atoms with E-state index in [0.29, 0.717) is 17.1 Å². The van der Waals surface area contributed by atoms with Gasteiger partial charge in [-0.25, -0.2) is 9.37 Å². The summed E-state index contributed by atoms with van der Waals surface area (Å²) in [5, 5.41) is 7.86. The molecule has 0 radical (unpaired) electrons. The fourth-order valence-electron chi connectivity index (χ4n) is 6.09. The minimum Gasteiger partial charge on any atom is -0.370 e. The molecular weight excluding hydrogens is 417 g/mol. The Kier molecular flexibility index (Phi) is 4.69. The SMILES string of the molecule is Cc1ncc2ccc(N(C)C3CC4(C3)CN(CCCc3cc5nncn5cc3F)C4)c(C)n12. The van der Waals surface area contributed by atoms with E-state index in [1.165, 1.54) is 49.8 Å². The predicted molar refractivity (Wildman–Crippen MR) is 126 cm³/mol. The van der Waals surface area contributed by atoms with Gasteiger partial charge in [-0.2, -0.15) is 0 Å². The maximum Gasteiger partial charge on any atom is 0.161 e. The van der Waals surface area contributed by atoms with Crippen LogP contribution in [-0.2, 0) is 6.42 Å². The topological polar surface area (TPSA) is 54.0 Å². The molecule has 4 aromatic rings. The molecule has 1 aliphatic heterocycles. The standard InChI is InChI=1S/C25H30FN7/c1-17-23(7-6-20-12-27-18(2)33(17)20)30(3)21-10-25(11-21)14-31(15-25)8-4-5-19-9-24-29-28-16-32(24)13-22(19)26/h6-7,9,12-13,16,21H,4-5,8,10-11,14-15H2,1-3H3. The van der Waals surface area contributed by atoms with Crippen molar-refractivity contribution in [3.05, 3.63) is 59.8 Å². The second kappa shape index (κ2) is 7.52. The third-order valence-corrected chi connectivity index (χ3v) is 7.85. The van der Waals surface area contributed by atoms with Crippen molar-refractivity contribution >= 4 is 16.9 Å². The third-order valence-electron chi connectivity index (χ3n) is 7.85. The Bertz CT molecular complexity index is 1330. The zero-order chi connectivity index (χ0) is 22.7. The normalized spacial score (nSPS) is 18.2. The highest BCUT2D eigenvalue weighted by molar-refractivity contribution is 5.60. The van der Waals surface area contributed by atoms with Gasteiger partial charge in [0.15, 0.2) is 5.65 Å². The molecule has 0 N–H and O–H groups in total. The van der Waals surface area contributed by atoms with Crippen LogP contribution in [0.4, 0.5) is 10.1 Å². The van der Waals surface area contributed by atoms with Crippen molar-refractivity contribution in [3.63, 3.8) is 0 Å². The number of rotatable bonds is 6. The van der Waals surface area contributed by atoms with Crippen LogP contribution in [0.15, 0.2) is 36.9 Å². The van der Waals surface area contributed by atoms with Gasteiger partial charge in [0.2, 0.25) is 0 Å². The van der Waals surface area contributed by atoms with E-state index in [1.807, 2.05) is 12.3 Å². The van der Waals surface area contributed by atoms with Crippen molar-refractivity contribution in [2.24, 2.45) is 5.41 Å². The number of aryl methyl sites for hydroxylation is 3. The molecule has 1 spiro atoms. The average molecular weight is 448 g/mol. The molecule has 0 aromatic carbocycles. The van der Waals surface area contributed by atoms with Crippen LogP contribution in [0.3, 0.4) is 0 Å². The van der Waals surface area contributed by atoms with Gasteiger partial charge in [-0.05, 0) is 75.3 Å². The second-order valence-corrected chi connectivity index (χ2v) is 10.1. The minimum atomic E-state index is -0.174. The van der Waals surface area contributed by atoms with Gasteiger partial charge >= 0.3 is 0 Å². The smallest absolute Gasteiger partial charge is 0.161 e. The van der Waals surface area contributed by atoms with Crippen LogP contribution in [0.2, 0.25) is 0 Å². The zero-order valence-electron chi connectivity index (χ0n) is 19.5. The predicted octanol–water partition coefficient (Wildman–Crippen LogP) is 3.67. The van der Waals surface area contributed by atoms with Crippen LogP contribution in [-0.4, -0.2) is 61.6 Å². The van der Waals surface area contributed by atoms with E-state index < -0.39 is 0 Å². The molecule has 0 amide bonds. The van der Waals surface area contributed by atoms with Gasteiger partial charge in [0.25, 0.3) is 0 Å². The van der Waals surface area contributed by atoms with Crippen LogP contribution in [0.1, 0.15) is 36.3 Å². The van der Waals surface area contributed by atoms with E-state index >= 15 is 0 Å². The number of nitrogens with zero attached hydrogens (tertiary/aromatic N) is 7. The van der Waals surface area contributed by atoms with Crippen LogP contribution < -0.4 is 4.90 Å². The van der Waals surface area contributed by atoms with Crippen molar-refractivity contribution in [2.75, 3.05) is 31.6 Å². The summed E-state index contributed by atoms with van der Waals surface area (Å²) < 4.78 is 18.1. The van der Waals surface area contributed by atoms with Crippen LogP contribution in [0, 0.1) is 25.1 Å². The number of hydrogen-bond donors (Lipinski definition) is 0. The van der Waals surface area contributed by atoms with Crippen LogP contribution in [0.5, 0.6) is 0 Å². The number of pyridine rings is 2. The quantitative estimate of drug-likeness (QED) is 0.452. The molecule has 33 heavy (non-hydrogen) atoms. The first-order chi connectivity index (χ1) is 15.9. The Balaban J connectivity index is 1.01. The third kappa shape index (κ3) is 3.39. The number of anilines is 1. The molecule has 1 saturated heterocycles. The van der Waals surface area contributed by atoms with Gasteiger partial charge in [0.1, 0.15) is 18.0 Å². The largest absolute Gasteiger partial charge is 0.370 e. The summed E-state index contributed by atoms with van der Waals surface area (Å²) in [6.07, 6.45) is 9.14. The Labute approximate surface area is 192 Å². The first-order valence-electron chi connectivity index (χ1n) is 11.8. The summed E-state index contributed by atoms with van der Waals surface area (Å²) in [6.45, 7) is 7.61. The summed E-state index contributed by atoms with van der Waals surface area (Å²) in [4.78, 5) is 9.45. The fraction of sp³-hybridized carbons (Fsp3) is 0.480. The highest BCUT2D eigenvalue weighted by atomic mass is 19.1. The molecule has 1 saturated carbocycles. The molecular formula is C25H30FN7. The number of fused-ring (bicyclic) bond motifs is 2. The average Bonchev–Trinajstić information content (AvgIpc) is 3.34. The van der Waals surface area contributed by atoms with E-state index in [9.17, 15) is 4.39 Å². The first-order valence-corrected chi connectivity index (χ1v) is 11.8. The molecule has 5 heterocycles. The van der Waals surface area contributed by atoms with Gasteiger partial charge in [-0.1, -0.05) is 0 Å². The molecule has 1 aliphatic carbocycles. The Hall–Kier alpha value is -3.00. The van der Waals surface area contributed by atoms with Crippen LogP contribution in [0.25, 0.3) is 11.2 Å². The molecule has 6 rings (SSSR count). The van der Waals surface area contributed by atoms with E-state index in [2.05, 4.69) is 62.4 Å². The molecule has 8 heteroatoms. The lowest BCUT2D eigenvalue weighted by atomic mass is 9.60. The van der Waals surface area contributed by atoms with Crippen molar-refractivity contribution in [1.82, 2.24) is 28.9 Å². The van der Waals surface area contributed by atoms with E-state index in [0.717, 1.165) is 36.3 Å². The minimum absolute atomic E-state index is 0.174. The maximum atomic E-state index is 14.3. The molecule has 0 unspecified atom stereocenters. The molecule has 4 aromatic heterocycles. The number of imidazole rings is 1. The number of likely N-dealkylation sites (tertiary alicyclic amines) is 1. The summed E-state index contributed by atoms with van der Waals surface area (Å²) in [5.74, 6) is 0.866. The van der Waals surface area contributed by atoms with E-state index in [1.54, 1.807) is 4.40 Å². The van der Waals surface area contributed by atoms with Crippen molar-refractivity contribution in [1.29, 1.82) is 0 Å². The van der Waals surface area contributed by atoms with Gasteiger partial charge in [-0.15, -0.1) is 10.2 Å². The Morgan fingerprint density at radius 3 is 2.85 bits per heavy atom. The Morgan fingerprint density at radius 1 is 1.21 bits per heavy atom. The summed E-state index contributed by atoms with van der Waals surface area (Å²) in [6, 6.07) is 6.81. The molecule has 0 atom stereocenters. The lowest BCUT2D eigenvalue weighted by molar-refractivity contribution is -0.0715. The lowest BCUT2D eigenvalue weighted by Crippen LogP contribution is -2.66. The second-order valence-electron chi connectivity index (χ2n) is 10.1. The fourth-order valence-corrected chi connectivity index (χ4v) is 6.09. The van der Waals surface area contributed by atoms with Crippen molar-refractivity contribution in [3.8, 4) is 0 Å². The first kappa shape index (κ1) is 20.6. The van der Waals surface area contributed by atoms with Gasteiger partial charge in [-0.3, -0.25) is 8.80 Å². The molecule has 0 bridgehead atoms. The van der Waals surface area contributed by atoms with Gasteiger partial charge in [0.05, 0.1) is 17.4 Å². The van der Waals surface area contributed by atoms with E-state index in [-0.39, 0.29) is 5.82 Å². The monoisotopic (exact) mass is 447 g/mol. The zero-order valence-corrected chi connectivity index (χ0v) is 19.5. The number of hydrogen-bond acceptors (Lipinski definition) is 5. The van der Waals surface area contributed by atoms with Crippen molar-refractivity contribution in [2.45, 2.75) is 45.6 Å². The Morgan fingerprint density at radius 2 is 2.03 bits per heavy atom. The highest BCUT2D eigenvalue weighted by Crippen LogP contribution is 2.50. The highest BCUT2D eigenvalue weighted by Gasteiger charge is 2.53. The van der Waals surface area contributed by atoms with E-state index in [4.69, 9.17) is 0 Å². The van der Waals surface area contributed by atoms with Gasteiger partial charge in [0, 0.05) is 38.1 Å². The van der Waals surface area contributed by atoms with Crippen LogP contribution >= 0.6 is 0 Å². The van der Waals surface area contributed by atoms with Crippen molar-refractivity contribution < 1.29 is 4.39 Å². The van der Waals surface area contributed by atoms with Gasteiger partial charge < -0.3 is 9.80 Å². The number of halogens is 1. The lowest BCUT2D eigenvalue weighted by Gasteiger charge is -2.61. The number of aromatic nitrogens is 5. The molecule has 2 aliphatic rings. The maximum absolute atomic E-state index is 14.3. The molecule has 2 fully saturated rings. The molecule has 7 nitrogen and oxygen atoms in total. The summed E-state index contributed by atoms with van der Waals surface area (Å²) in [7, 11) is 2.23. The summed E-state index contributed by atoms with van der Waals surface area (Å²) >= 11 is 0. The summed E-state index contributed by atoms with van der Waals surface area (Å²) in [5.41, 5.74) is 5.63.